The van der Waals surface area contributed by atoms with Crippen molar-refractivity contribution in [1.29, 1.82) is 0 Å². The van der Waals surface area contributed by atoms with Crippen LogP contribution in [0.5, 0.6) is 0 Å². The van der Waals surface area contributed by atoms with E-state index >= 15 is 0 Å². The maximum absolute atomic E-state index is 14.1. The number of nitrogens with zero attached hydrogens (tertiary/aromatic N) is 5. The quantitative estimate of drug-likeness (QED) is 0.0704. The lowest BCUT2D eigenvalue weighted by Crippen LogP contribution is -2.52. The average Bonchev–Trinajstić information content (AvgIpc) is 1.59. The van der Waals surface area contributed by atoms with Crippen molar-refractivity contribution >= 4 is 98.8 Å². The van der Waals surface area contributed by atoms with Crippen molar-refractivity contribution < 1.29 is 52.9 Å². The lowest BCUT2D eigenvalue weighted by atomic mass is 9.82. The lowest BCUT2D eigenvalue weighted by molar-refractivity contribution is -0.125. The number of benzene rings is 3. The maximum Gasteiger partial charge on any atom is 0.350 e. The monoisotopic (exact) mass is 1420 g/mol. The Morgan fingerprint density at radius 1 is 0.420 bits per heavy atom. The van der Waals surface area contributed by atoms with Crippen LogP contribution in [-0.2, 0) is 23.9 Å². The van der Waals surface area contributed by atoms with E-state index in [9.17, 15) is 43.5 Å². The fraction of sp³-hybridized carbons (Fsp3) is 0.513. The molecular formula is C78H100N8O11S3. The van der Waals surface area contributed by atoms with Crippen molar-refractivity contribution in [3.8, 4) is 31.3 Å². The van der Waals surface area contributed by atoms with E-state index < -0.39 is 11.9 Å². The molecule has 3 aromatic carbocycles. The van der Waals surface area contributed by atoms with Gasteiger partial charge in [-0.25, -0.2) is 24.0 Å². The first-order valence-corrected chi connectivity index (χ1v) is 38.5. The minimum atomic E-state index is -1.01. The molecule has 0 atom stereocenters. The van der Waals surface area contributed by atoms with E-state index in [0.717, 1.165) is 140 Å². The maximum atomic E-state index is 14.1. The number of nitrogens with one attached hydrogen (secondary N) is 3. The molecule has 0 radical (unpaired) electrons. The van der Waals surface area contributed by atoms with Gasteiger partial charge in [0, 0.05) is 90.8 Å². The molecule has 0 spiro atoms. The molecule has 0 bridgehead atoms. The molecule has 3 aliphatic carbocycles. The number of likely N-dealkylation sites (tertiary alicyclic amines) is 2. The highest BCUT2D eigenvalue weighted by Crippen LogP contribution is 2.45. The number of carbonyl (C=O) groups is 8. The molecular weight excluding hydrogens is 1320 g/mol. The molecule has 536 valence electrons. The van der Waals surface area contributed by atoms with Gasteiger partial charge in [0.05, 0.1) is 31.3 Å². The summed E-state index contributed by atoms with van der Waals surface area (Å²) in [6, 6.07) is 35.2. The van der Waals surface area contributed by atoms with Crippen LogP contribution in [0.15, 0.2) is 109 Å². The molecule has 4 N–H and O–H groups in total. The molecule has 6 aromatic rings. The van der Waals surface area contributed by atoms with Crippen LogP contribution in [0.4, 0.5) is 26.7 Å². The molecule has 6 fully saturated rings. The number of carboxylic acid groups (broad SMARTS) is 1. The number of rotatable bonds is 15. The van der Waals surface area contributed by atoms with Gasteiger partial charge in [0.15, 0.2) is 0 Å². The first-order chi connectivity index (χ1) is 48.4. The molecule has 3 saturated heterocycles. The van der Waals surface area contributed by atoms with E-state index in [1.54, 1.807) is 28.8 Å². The van der Waals surface area contributed by atoms with Gasteiger partial charge in [0.1, 0.15) is 14.6 Å². The van der Waals surface area contributed by atoms with Crippen molar-refractivity contribution in [2.75, 3.05) is 82.3 Å². The number of aromatic carboxylic acids is 1. The number of piperidine rings is 3. The molecule has 100 heavy (non-hydrogen) atoms. The molecule has 19 nitrogen and oxygen atoms in total. The zero-order chi connectivity index (χ0) is 71.0. The SMILES string of the molecule is CNC(=O)N1CCC(N(C(=O)C2CCC(C)CC2)c2cc(-c3ccccc3)sc2C(=O)O)CC1.CNC(=O)N1CCC(N(C(=O)C2CCC(C)CC2)c2cc(-c3ccccc3)sc2C(=O)OC)CC1.COC(=O)c1sc(-c2ccccc2)cc1N(C(=O)C1CCC(C)CC1)C1CCNCC1. The molecule has 3 aromatic heterocycles. The summed E-state index contributed by atoms with van der Waals surface area (Å²) < 4.78 is 10.3. The molecule has 3 aliphatic heterocycles. The molecule has 3 saturated carbocycles. The molecule has 6 heterocycles. The number of thiophene rings is 3. The van der Waals surface area contributed by atoms with Crippen LogP contribution in [0.2, 0.25) is 0 Å². The summed E-state index contributed by atoms with van der Waals surface area (Å²) in [5.74, 6) is 0.349. The summed E-state index contributed by atoms with van der Waals surface area (Å²) >= 11 is 4.00. The number of hydrogen-bond donors (Lipinski definition) is 4. The van der Waals surface area contributed by atoms with E-state index in [4.69, 9.17) is 9.47 Å². The number of amides is 7. The van der Waals surface area contributed by atoms with Gasteiger partial charge in [-0.1, -0.05) is 112 Å². The highest BCUT2D eigenvalue weighted by molar-refractivity contribution is 7.18. The third-order valence-electron chi connectivity index (χ3n) is 21.2. The number of carbonyl (C=O) groups excluding carboxylic acids is 7. The van der Waals surface area contributed by atoms with E-state index in [2.05, 4.69) is 36.7 Å². The Hall–Kier alpha value is -7.92. The minimum absolute atomic E-state index is 0.0326. The highest BCUT2D eigenvalue weighted by atomic mass is 32.1. The van der Waals surface area contributed by atoms with E-state index in [1.165, 1.54) is 48.2 Å². The molecule has 12 rings (SSSR count). The Bertz CT molecular complexity index is 3720. The highest BCUT2D eigenvalue weighted by Gasteiger charge is 2.42. The molecule has 7 amide bonds. The summed E-state index contributed by atoms with van der Waals surface area (Å²) in [5, 5.41) is 18.8. The second kappa shape index (κ2) is 35.6. The number of ether oxygens (including phenoxy) is 2. The number of esters is 2. The van der Waals surface area contributed by atoms with Gasteiger partial charge in [-0.15, -0.1) is 34.0 Å². The van der Waals surface area contributed by atoms with Crippen LogP contribution in [0.25, 0.3) is 31.3 Å². The number of urea groups is 2. The van der Waals surface area contributed by atoms with Crippen molar-refractivity contribution in [3.05, 3.63) is 124 Å². The fourth-order valence-electron chi connectivity index (χ4n) is 15.2. The minimum Gasteiger partial charge on any atom is -0.477 e. The fourth-order valence-corrected chi connectivity index (χ4v) is 18.3. The van der Waals surface area contributed by atoms with E-state index in [1.807, 2.05) is 119 Å². The van der Waals surface area contributed by atoms with Crippen LogP contribution >= 0.6 is 34.0 Å². The molecule has 6 aliphatic rings. The van der Waals surface area contributed by atoms with Crippen molar-refractivity contribution in [2.24, 2.45) is 35.5 Å². The third kappa shape index (κ3) is 18.2. The van der Waals surface area contributed by atoms with Gasteiger partial charge in [0.25, 0.3) is 0 Å². The zero-order valence-electron chi connectivity index (χ0n) is 59.0. The summed E-state index contributed by atoms with van der Waals surface area (Å²) in [7, 11) is 6.04. The zero-order valence-corrected chi connectivity index (χ0v) is 61.5. The second-order valence-corrected chi connectivity index (χ2v) is 31.0. The first-order valence-electron chi connectivity index (χ1n) is 36.0. The van der Waals surface area contributed by atoms with Crippen molar-refractivity contribution in [3.63, 3.8) is 0 Å². The van der Waals surface area contributed by atoms with Crippen LogP contribution in [0, 0.1) is 35.5 Å². The van der Waals surface area contributed by atoms with Gasteiger partial charge < -0.3 is 55.0 Å². The lowest BCUT2D eigenvalue weighted by Gasteiger charge is -2.40. The Morgan fingerprint density at radius 3 is 0.980 bits per heavy atom. The first kappa shape index (κ1) is 74.8. The number of methoxy groups -OCH3 is 2. The predicted octanol–water partition coefficient (Wildman–Crippen LogP) is 15.4. The standard InChI is InChI=1S/C27H35N3O4S.C26H33N3O4S.C25H32N2O3S/c1-18-9-11-20(12-10-18)25(31)30(21-13-15-29(16-14-21)27(33)28-2)22-17-23(19-7-5-4-6-8-19)35-24(22)26(32)34-3;1-17-8-10-19(11-9-17)24(30)29(20-12-14-28(15-13-20)26(33)27-2)21-16-22(34-23(21)25(31)32)18-6-4-3-5-7-18;1-17-8-10-19(11-9-17)24(28)27(20-12-14-26-15-13-20)21-16-22(18-6-4-3-5-7-18)31-23(21)25(29)30-2/h4-8,17-18,20-21H,9-16H2,1-3H3,(H,28,33);3-7,16-17,19-20H,8-15H2,1-2H3,(H,27,33)(H,31,32);3-7,16-17,19-20,26H,8-15H2,1-2H3. The number of anilines is 3. The van der Waals surface area contributed by atoms with Gasteiger partial charge in [0.2, 0.25) is 17.7 Å². The Balaban J connectivity index is 0.000000162. The largest absolute Gasteiger partial charge is 0.477 e. The van der Waals surface area contributed by atoms with Gasteiger partial charge in [-0.3, -0.25) is 14.4 Å². The number of carboxylic acids is 1. The summed E-state index contributed by atoms with van der Waals surface area (Å²) in [4.78, 5) is 117. The summed E-state index contributed by atoms with van der Waals surface area (Å²) in [5.41, 5.74) is 4.86. The molecule has 0 unspecified atom stereocenters. The Kier molecular flexibility index (Phi) is 26.6. The van der Waals surface area contributed by atoms with E-state index in [0.29, 0.717) is 90.7 Å². The van der Waals surface area contributed by atoms with Crippen molar-refractivity contribution in [1.82, 2.24) is 25.8 Å². The smallest absolute Gasteiger partial charge is 0.350 e. The van der Waals surface area contributed by atoms with Crippen LogP contribution in [0.3, 0.4) is 0 Å². The van der Waals surface area contributed by atoms with E-state index in [-0.39, 0.29) is 76.5 Å². The van der Waals surface area contributed by atoms with Gasteiger partial charge in [-0.05, 0) is 181 Å². The summed E-state index contributed by atoms with van der Waals surface area (Å²) in [6.07, 6.45) is 16.0. The topological polar surface area (TPSA) is 228 Å². The van der Waals surface area contributed by atoms with Crippen LogP contribution < -0.4 is 30.7 Å². The second-order valence-electron chi connectivity index (χ2n) is 27.9. The van der Waals surface area contributed by atoms with Crippen LogP contribution in [0.1, 0.15) is 165 Å². The normalized spacial score (nSPS) is 21.4. The summed E-state index contributed by atoms with van der Waals surface area (Å²) in [6.45, 7) is 10.7. The van der Waals surface area contributed by atoms with Crippen LogP contribution in [-0.4, -0.2) is 148 Å². The third-order valence-corrected chi connectivity index (χ3v) is 24.6. The Morgan fingerprint density at radius 2 is 0.700 bits per heavy atom. The van der Waals surface area contributed by atoms with Gasteiger partial charge in [-0.2, -0.15) is 0 Å². The predicted molar refractivity (Wildman–Crippen MR) is 399 cm³/mol. The number of hydrogen-bond acceptors (Lipinski definition) is 14. The van der Waals surface area contributed by atoms with Gasteiger partial charge >= 0.3 is 30.0 Å². The van der Waals surface area contributed by atoms with Crippen molar-refractivity contribution in [2.45, 2.75) is 154 Å². The average molecular weight is 1420 g/mol. The Labute approximate surface area is 601 Å². The molecule has 22 heteroatoms.